The molecule has 2 rings (SSSR count). The van der Waals surface area contributed by atoms with Gasteiger partial charge < -0.3 is 16.0 Å². The van der Waals surface area contributed by atoms with Crippen LogP contribution >= 0.6 is 24.0 Å². The fraction of sp³-hybridized carbons (Fsp3) is 0.500. The van der Waals surface area contributed by atoms with Crippen LogP contribution in [0.15, 0.2) is 29.5 Å². The highest BCUT2D eigenvalue weighted by molar-refractivity contribution is 14.0. The van der Waals surface area contributed by atoms with Crippen molar-refractivity contribution >= 4 is 35.8 Å². The second-order valence-corrected chi connectivity index (χ2v) is 4.82. The molecule has 1 saturated carbocycles. The number of aliphatic imine (C=N–C) groups is 1. The van der Waals surface area contributed by atoms with E-state index < -0.39 is 0 Å². The quantitative estimate of drug-likeness (QED) is 0.287. The maximum atomic E-state index is 11.8. The van der Waals surface area contributed by atoms with Gasteiger partial charge in [-0.05, 0) is 30.9 Å². The molecule has 1 aromatic rings. The number of rotatable bonds is 6. The van der Waals surface area contributed by atoms with E-state index in [-0.39, 0.29) is 29.9 Å². The van der Waals surface area contributed by atoms with Crippen LogP contribution in [0.2, 0.25) is 0 Å². The van der Waals surface area contributed by atoms with Gasteiger partial charge in [0.25, 0.3) is 5.91 Å². The molecule has 0 spiro atoms. The highest BCUT2D eigenvalue weighted by atomic mass is 127. The van der Waals surface area contributed by atoms with Gasteiger partial charge in [-0.3, -0.25) is 14.8 Å². The topological polar surface area (TPSA) is 78.4 Å². The van der Waals surface area contributed by atoms with Gasteiger partial charge in [0.15, 0.2) is 5.96 Å². The van der Waals surface area contributed by atoms with Crippen LogP contribution in [0.25, 0.3) is 0 Å². The Hall–Kier alpha value is -1.38. The highest BCUT2D eigenvalue weighted by Gasteiger charge is 2.20. The highest BCUT2D eigenvalue weighted by Crippen LogP contribution is 2.27. The number of carbonyl (C=O) groups is 1. The molecule has 1 heterocycles. The fourth-order valence-electron chi connectivity index (χ4n) is 1.74. The van der Waals surface area contributed by atoms with Gasteiger partial charge in [-0.15, -0.1) is 24.0 Å². The summed E-state index contributed by atoms with van der Waals surface area (Å²) in [5.41, 5.74) is 0.573. The van der Waals surface area contributed by atoms with Gasteiger partial charge in [0.05, 0.1) is 5.56 Å². The van der Waals surface area contributed by atoms with Gasteiger partial charge in [0.2, 0.25) is 0 Å². The number of hydrogen-bond acceptors (Lipinski definition) is 3. The Balaban J connectivity index is 0.00000220. The lowest BCUT2D eigenvalue weighted by Crippen LogP contribution is -2.42. The Morgan fingerprint density at radius 2 is 2.10 bits per heavy atom. The molecule has 0 radical (unpaired) electrons. The first-order valence-electron chi connectivity index (χ1n) is 6.92. The van der Waals surface area contributed by atoms with E-state index in [0.29, 0.717) is 18.7 Å². The molecule has 0 aliphatic heterocycles. The fourth-order valence-corrected chi connectivity index (χ4v) is 1.74. The number of pyridine rings is 1. The number of hydrogen-bond donors (Lipinski definition) is 3. The summed E-state index contributed by atoms with van der Waals surface area (Å²) in [4.78, 5) is 19.8. The first-order valence-corrected chi connectivity index (χ1v) is 6.92. The molecule has 1 amide bonds. The summed E-state index contributed by atoms with van der Waals surface area (Å²) >= 11 is 0. The lowest BCUT2D eigenvalue weighted by Gasteiger charge is -2.11. The van der Waals surface area contributed by atoms with Crippen LogP contribution in [0, 0.1) is 5.92 Å². The number of guanidine groups is 1. The maximum Gasteiger partial charge on any atom is 0.252 e. The normalized spacial score (nSPS) is 14.0. The van der Waals surface area contributed by atoms with E-state index in [4.69, 9.17) is 0 Å². The molecule has 3 N–H and O–H groups in total. The molecule has 0 aromatic carbocycles. The summed E-state index contributed by atoms with van der Waals surface area (Å²) in [6, 6.07) is 3.49. The molecule has 116 valence electrons. The van der Waals surface area contributed by atoms with Crippen LogP contribution in [0.5, 0.6) is 0 Å². The Morgan fingerprint density at radius 1 is 1.33 bits per heavy atom. The van der Waals surface area contributed by atoms with Crippen molar-refractivity contribution in [1.82, 2.24) is 20.9 Å². The van der Waals surface area contributed by atoms with Gasteiger partial charge in [0, 0.05) is 39.1 Å². The van der Waals surface area contributed by atoms with Crippen LogP contribution in [0.3, 0.4) is 0 Å². The maximum absolute atomic E-state index is 11.8. The number of carbonyl (C=O) groups excluding carboxylic acids is 1. The lowest BCUT2D eigenvalue weighted by atomic mass is 10.3. The Bertz CT molecular complexity index is 462. The molecule has 0 unspecified atom stereocenters. The van der Waals surface area contributed by atoms with Crippen molar-refractivity contribution in [2.24, 2.45) is 10.9 Å². The molecular formula is C14H22IN5O. The van der Waals surface area contributed by atoms with E-state index in [0.717, 1.165) is 18.4 Å². The summed E-state index contributed by atoms with van der Waals surface area (Å²) < 4.78 is 0. The molecule has 21 heavy (non-hydrogen) atoms. The van der Waals surface area contributed by atoms with E-state index in [9.17, 15) is 4.79 Å². The minimum Gasteiger partial charge on any atom is -0.356 e. The zero-order chi connectivity index (χ0) is 14.2. The summed E-state index contributed by atoms with van der Waals surface area (Å²) in [6.07, 6.45) is 5.82. The second-order valence-electron chi connectivity index (χ2n) is 4.82. The number of halogens is 1. The summed E-state index contributed by atoms with van der Waals surface area (Å²) in [5, 5.41) is 9.27. The SMILES string of the molecule is CN=C(NCCNC(=O)c1cccnc1)NCC1CC1.I. The molecule has 0 atom stereocenters. The van der Waals surface area contributed by atoms with E-state index in [2.05, 4.69) is 25.9 Å². The smallest absolute Gasteiger partial charge is 0.252 e. The van der Waals surface area contributed by atoms with Crippen LogP contribution in [0.4, 0.5) is 0 Å². The minimum atomic E-state index is -0.110. The Kier molecular flexibility index (Phi) is 8.03. The first-order chi connectivity index (χ1) is 9.79. The predicted molar refractivity (Wildman–Crippen MR) is 94.1 cm³/mol. The molecule has 1 aliphatic carbocycles. The third-order valence-electron chi connectivity index (χ3n) is 3.11. The number of amides is 1. The summed E-state index contributed by atoms with van der Waals surface area (Å²) in [5.74, 6) is 1.48. The van der Waals surface area contributed by atoms with Crippen molar-refractivity contribution in [2.75, 3.05) is 26.7 Å². The molecule has 0 bridgehead atoms. The third-order valence-corrected chi connectivity index (χ3v) is 3.11. The van der Waals surface area contributed by atoms with Crippen LogP contribution in [0.1, 0.15) is 23.2 Å². The monoisotopic (exact) mass is 403 g/mol. The Labute approximate surface area is 142 Å². The van der Waals surface area contributed by atoms with Gasteiger partial charge in [-0.25, -0.2) is 0 Å². The molecule has 7 heteroatoms. The molecule has 1 aliphatic rings. The van der Waals surface area contributed by atoms with Crippen molar-refractivity contribution in [3.05, 3.63) is 30.1 Å². The average molecular weight is 403 g/mol. The van der Waals surface area contributed by atoms with Gasteiger partial charge in [-0.2, -0.15) is 0 Å². The molecule has 1 fully saturated rings. The van der Waals surface area contributed by atoms with Gasteiger partial charge >= 0.3 is 0 Å². The first kappa shape index (κ1) is 17.7. The zero-order valence-electron chi connectivity index (χ0n) is 12.1. The molecule has 6 nitrogen and oxygen atoms in total. The zero-order valence-corrected chi connectivity index (χ0v) is 14.5. The van der Waals surface area contributed by atoms with E-state index in [1.807, 2.05) is 0 Å². The van der Waals surface area contributed by atoms with Crippen LogP contribution in [-0.2, 0) is 0 Å². The number of aromatic nitrogens is 1. The predicted octanol–water partition coefficient (Wildman–Crippen LogP) is 1.00. The van der Waals surface area contributed by atoms with Crippen molar-refractivity contribution < 1.29 is 4.79 Å². The van der Waals surface area contributed by atoms with Crippen molar-refractivity contribution in [3.63, 3.8) is 0 Å². The van der Waals surface area contributed by atoms with E-state index in [1.165, 1.54) is 12.8 Å². The number of nitrogens with one attached hydrogen (secondary N) is 3. The van der Waals surface area contributed by atoms with Crippen LogP contribution < -0.4 is 16.0 Å². The van der Waals surface area contributed by atoms with E-state index in [1.54, 1.807) is 31.6 Å². The molecular weight excluding hydrogens is 381 g/mol. The van der Waals surface area contributed by atoms with Gasteiger partial charge in [0.1, 0.15) is 0 Å². The van der Waals surface area contributed by atoms with Crippen molar-refractivity contribution in [3.8, 4) is 0 Å². The average Bonchev–Trinajstić information content (AvgIpc) is 3.31. The summed E-state index contributed by atoms with van der Waals surface area (Å²) in [7, 11) is 1.75. The standard InChI is InChI=1S/C14H21N5O.HI/c1-15-14(19-9-11-4-5-11)18-8-7-17-13(20)12-3-2-6-16-10-12;/h2-3,6,10-11H,4-5,7-9H2,1H3,(H,17,20)(H2,15,18,19);1H. The molecule has 0 saturated heterocycles. The third kappa shape index (κ3) is 6.74. The molecule has 1 aromatic heterocycles. The lowest BCUT2D eigenvalue weighted by molar-refractivity contribution is 0.0954. The number of nitrogens with zero attached hydrogens (tertiary/aromatic N) is 2. The van der Waals surface area contributed by atoms with E-state index >= 15 is 0 Å². The van der Waals surface area contributed by atoms with Gasteiger partial charge in [-0.1, -0.05) is 0 Å². The second kappa shape index (κ2) is 9.54. The van der Waals surface area contributed by atoms with Crippen molar-refractivity contribution in [1.29, 1.82) is 0 Å². The van der Waals surface area contributed by atoms with Crippen LogP contribution in [-0.4, -0.2) is 43.5 Å². The summed E-state index contributed by atoms with van der Waals surface area (Å²) in [6.45, 7) is 2.15. The Morgan fingerprint density at radius 3 is 2.71 bits per heavy atom. The van der Waals surface area contributed by atoms with Crippen molar-refractivity contribution in [2.45, 2.75) is 12.8 Å². The largest absolute Gasteiger partial charge is 0.356 e. The minimum absolute atomic E-state index is 0.